The summed E-state index contributed by atoms with van der Waals surface area (Å²) in [5, 5.41) is 13.8. The molecule has 3 unspecified atom stereocenters. The maximum Gasteiger partial charge on any atom is 0.472 e. The SMILES string of the molecule is CCCCCCCCCCCCCCCCCC/C=C/CC/C=C/C(O)C(COP(=O)(O)OCC[N+](C)(C)C)NC(=O)CCCCCCCCCCCCCC. The quantitative estimate of drug-likeness (QED) is 0.0245. The number of amides is 1. The van der Waals surface area contributed by atoms with E-state index in [-0.39, 0.29) is 19.1 Å². The van der Waals surface area contributed by atoms with E-state index < -0.39 is 20.0 Å². The van der Waals surface area contributed by atoms with Gasteiger partial charge in [-0.1, -0.05) is 205 Å². The molecule has 0 saturated carbocycles. The standard InChI is InChI=1S/C47H93N2O6P/c1-6-8-10-12-14-16-18-20-21-22-23-24-25-26-27-28-29-30-32-34-36-38-40-46(50)45(44-55-56(52,53)54-43-42-49(3,4)5)48-47(51)41-39-37-35-33-31-19-17-15-13-11-9-7-2/h30,32,38,40,45-46,50H,6-29,31,33-37,39,41-44H2,1-5H3,(H-,48,51,52,53)/p+1/b32-30+,40-38+. The minimum absolute atomic E-state index is 0.0582. The molecule has 0 radical (unpaired) electrons. The Labute approximate surface area is 347 Å². The van der Waals surface area contributed by atoms with E-state index in [4.69, 9.17) is 9.05 Å². The molecule has 0 aliphatic carbocycles. The molecule has 0 aromatic rings. The van der Waals surface area contributed by atoms with E-state index in [1.165, 1.54) is 161 Å². The molecule has 9 heteroatoms. The molecule has 1 amide bonds. The number of allylic oxidation sites excluding steroid dienone is 3. The number of likely N-dealkylation sites (N-methyl/N-ethyl adjacent to an activating group) is 1. The first-order chi connectivity index (χ1) is 27.0. The van der Waals surface area contributed by atoms with E-state index in [2.05, 4.69) is 31.3 Å². The third-order valence-electron chi connectivity index (χ3n) is 10.7. The molecule has 0 aliphatic rings. The number of carbonyl (C=O) groups excluding carboxylic acids is 1. The third kappa shape index (κ3) is 41.2. The van der Waals surface area contributed by atoms with Gasteiger partial charge in [0, 0.05) is 6.42 Å². The number of quaternary nitrogens is 1. The van der Waals surface area contributed by atoms with E-state index in [0.717, 1.165) is 38.5 Å². The number of hydrogen-bond donors (Lipinski definition) is 3. The molecule has 8 nitrogen and oxygen atoms in total. The fraction of sp³-hybridized carbons (Fsp3) is 0.894. The van der Waals surface area contributed by atoms with Gasteiger partial charge in [0.05, 0.1) is 39.9 Å². The molecule has 0 aromatic carbocycles. The van der Waals surface area contributed by atoms with Crippen LogP contribution in [0.3, 0.4) is 0 Å². The lowest BCUT2D eigenvalue weighted by atomic mass is 10.0. The van der Waals surface area contributed by atoms with Gasteiger partial charge in [0.25, 0.3) is 0 Å². The molecule has 0 spiro atoms. The summed E-state index contributed by atoms with van der Waals surface area (Å²) in [4.78, 5) is 23.1. The Morgan fingerprint density at radius 2 is 0.982 bits per heavy atom. The highest BCUT2D eigenvalue weighted by molar-refractivity contribution is 7.47. The van der Waals surface area contributed by atoms with Crippen LogP contribution < -0.4 is 5.32 Å². The van der Waals surface area contributed by atoms with Crippen LogP contribution in [0.25, 0.3) is 0 Å². The number of phosphoric ester groups is 1. The monoisotopic (exact) mass is 814 g/mol. The van der Waals surface area contributed by atoms with E-state index in [0.29, 0.717) is 17.4 Å². The number of unbranched alkanes of at least 4 members (excludes halogenated alkanes) is 28. The normalized spacial score (nSPS) is 14.5. The summed E-state index contributed by atoms with van der Waals surface area (Å²) in [5.74, 6) is -0.186. The van der Waals surface area contributed by atoms with Crippen LogP contribution in [-0.2, 0) is 18.4 Å². The van der Waals surface area contributed by atoms with E-state index in [1.54, 1.807) is 6.08 Å². The summed E-state index contributed by atoms with van der Waals surface area (Å²) < 4.78 is 23.5. The molecule has 0 rings (SSSR count). The zero-order valence-corrected chi connectivity index (χ0v) is 38.5. The summed E-state index contributed by atoms with van der Waals surface area (Å²) in [7, 11) is 1.56. The van der Waals surface area contributed by atoms with Gasteiger partial charge < -0.3 is 19.8 Å². The van der Waals surface area contributed by atoms with E-state index in [1.807, 2.05) is 27.2 Å². The second-order valence-electron chi connectivity index (χ2n) is 17.5. The lowest BCUT2D eigenvalue weighted by Crippen LogP contribution is -2.45. The fourth-order valence-electron chi connectivity index (χ4n) is 6.88. The molecule has 0 fully saturated rings. The van der Waals surface area contributed by atoms with Crippen molar-refractivity contribution in [2.45, 2.75) is 231 Å². The van der Waals surface area contributed by atoms with Crippen LogP contribution in [0.2, 0.25) is 0 Å². The lowest BCUT2D eigenvalue weighted by Gasteiger charge is -2.25. The van der Waals surface area contributed by atoms with Crippen molar-refractivity contribution in [1.82, 2.24) is 5.32 Å². The van der Waals surface area contributed by atoms with Gasteiger partial charge in [-0.2, -0.15) is 0 Å². The largest absolute Gasteiger partial charge is 0.472 e. The van der Waals surface area contributed by atoms with Gasteiger partial charge in [-0.15, -0.1) is 0 Å². The average molecular weight is 814 g/mol. The van der Waals surface area contributed by atoms with E-state index >= 15 is 0 Å². The molecule has 56 heavy (non-hydrogen) atoms. The second-order valence-corrected chi connectivity index (χ2v) is 18.9. The van der Waals surface area contributed by atoms with Gasteiger partial charge in [-0.3, -0.25) is 13.8 Å². The summed E-state index contributed by atoms with van der Waals surface area (Å²) >= 11 is 0. The molecule has 0 bridgehead atoms. The number of aliphatic hydroxyl groups is 1. The number of rotatable bonds is 43. The Kier molecular flexibility index (Phi) is 38.7. The van der Waals surface area contributed by atoms with Crippen LogP contribution >= 0.6 is 7.82 Å². The number of carbonyl (C=O) groups is 1. The maximum absolute atomic E-state index is 12.8. The number of hydrogen-bond acceptors (Lipinski definition) is 5. The number of phosphoric acid groups is 1. The molecular weight excluding hydrogens is 719 g/mol. The van der Waals surface area contributed by atoms with E-state index in [9.17, 15) is 19.4 Å². The highest BCUT2D eigenvalue weighted by Crippen LogP contribution is 2.43. The third-order valence-corrected chi connectivity index (χ3v) is 11.7. The van der Waals surface area contributed by atoms with Crippen LogP contribution in [0.1, 0.15) is 219 Å². The Morgan fingerprint density at radius 1 is 0.589 bits per heavy atom. The first kappa shape index (κ1) is 55.0. The molecular formula is C47H94N2O6P+. The van der Waals surface area contributed by atoms with Gasteiger partial charge in [-0.25, -0.2) is 4.57 Å². The van der Waals surface area contributed by atoms with Crippen molar-refractivity contribution in [3.8, 4) is 0 Å². The number of aliphatic hydroxyl groups excluding tert-OH is 1. The Balaban J connectivity index is 4.35. The fourth-order valence-corrected chi connectivity index (χ4v) is 7.62. The Hall–Kier alpha value is -1.02. The van der Waals surface area contributed by atoms with Crippen molar-refractivity contribution in [1.29, 1.82) is 0 Å². The summed E-state index contributed by atoms with van der Waals surface area (Å²) in [6, 6.07) is -0.857. The van der Waals surface area contributed by atoms with Crippen molar-refractivity contribution in [3.05, 3.63) is 24.3 Å². The first-order valence-corrected chi connectivity index (χ1v) is 25.2. The first-order valence-electron chi connectivity index (χ1n) is 23.7. The van der Waals surface area contributed by atoms with Crippen molar-refractivity contribution in [2.24, 2.45) is 0 Å². The summed E-state index contributed by atoms with van der Waals surface area (Å²) in [6.45, 7) is 4.80. The molecule has 0 aromatic heterocycles. The lowest BCUT2D eigenvalue weighted by molar-refractivity contribution is -0.870. The van der Waals surface area contributed by atoms with Crippen molar-refractivity contribution in [2.75, 3.05) is 40.9 Å². The summed E-state index contributed by atoms with van der Waals surface area (Å²) in [5.41, 5.74) is 0. The summed E-state index contributed by atoms with van der Waals surface area (Å²) in [6.07, 6.45) is 46.9. The van der Waals surface area contributed by atoms with Crippen LogP contribution in [-0.4, -0.2) is 73.4 Å². The minimum atomic E-state index is -4.34. The van der Waals surface area contributed by atoms with Gasteiger partial charge in [0.1, 0.15) is 13.2 Å². The van der Waals surface area contributed by atoms with Gasteiger partial charge in [0.2, 0.25) is 5.91 Å². The zero-order valence-electron chi connectivity index (χ0n) is 37.6. The zero-order chi connectivity index (χ0) is 41.4. The number of nitrogens with one attached hydrogen (secondary N) is 1. The maximum atomic E-state index is 12.8. The van der Waals surface area contributed by atoms with Gasteiger partial charge in [0.15, 0.2) is 0 Å². The van der Waals surface area contributed by atoms with Crippen LogP contribution in [0, 0.1) is 0 Å². The van der Waals surface area contributed by atoms with Crippen LogP contribution in [0.5, 0.6) is 0 Å². The molecule has 3 atom stereocenters. The smallest absolute Gasteiger partial charge is 0.387 e. The van der Waals surface area contributed by atoms with Crippen LogP contribution in [0.4, 0.5) is 0 Å². The average Bonchev–Trinajstić information content (AvgIpc) is 3.15. The molecule has 0 heterocycles. The Morgan fingerprint density at radius 3 is 1.43 bits per heavy atom. The molecule has 332 valence electrons. The molecule has 3 N–H and O–H groups in total. The molecule has 0 aliphatic heterocycles. The topological polar surface area (TPSA) is 105 Å². The highest BCUT2D eigenvalue weighted by atomic mass is 31.2. The van der Waals surface area contributed by atoms with Gasteiger partial charge >= 0.3 is 7.82 Å². The van der Waals surface area contributed by atoms with Gasteiger partial charge in [-0.05, 0) is 32.1 Å². The Bertz CT molecular complexity index is 969. The predicted molar refractivity (Wildman–Crippen MR) is 240 cm³/mol. The minimum Gasteiger partial charge on any atom is -0.387 e. The van der Waals surface area contributed by atoms with Crippen molar-refractivity contribution >= 4 is 13.7 Å². The second kappa shape index (κ2) is 39.4. The number of nitrogens with zero attached hydrogens (tertiary/aromatic N) is 1. The van der Waals surface area contributed by atoms with Crippen molar-refractivity contribution < 1.29 is 32.9 Å². The molecule has 0 saturated heterocycles. The van der Waals surface area contributed by atoms with Crippen molar-refractivity contribution in [3.63, 3.8) is 0 Å². The predicted octanol–water partition coefficient (Wildman–Crippen LogP) is 13.3. The van der Waals surface area contributed by atoms with Crippen LogP contribution in [0.15, 0.2) is 24.3 Å². The highest BCUT2D eigenvalue weighted by Gasteiger charge is 2.27.